The minimum Gasteiger partial charge on any atom is -0.396 e. The van der Waals surface area contributed by atoms with E-state index in [0.29, 0.717) is 12.1 Å². The summed E-state index contributed by atoms with van der Waals surface area (Å²) in [5, 5.41) is 12.1. The van der Waals surface area contributed by atoms with Crippen LogP contribution in [0.5, 0.6) is 0 Å². The molecule has 1 rings (SSSR count). The van der Waals surface area contributed by atoms with Crippen molar-refractivity contribution in [2.24, 2.45) is 0 Å². The Morgan fingerprint density at radius 3 is 2.43 bits per heavy atom. The number of hydrogen-bond acceptors (Lipinski definition) is 3. The maximum Gasteiger partial charge on any atom is 0.0443 e. The Bertz CT molecular complexity index is 153. The Morgan fingerprint density at radius 2 is 1.93 bits per heavy atom. The number of nitrogens with zero attached hydrogens (tertiary/aromatic N) is 1. The van der Waals surface area contributed by atoms with Gasteiger partial charge in [0, 0.05) is 18.7 Å². The van der Waals surface area contributed by atoms with Crippen molar-refractivity contribution >= 4 is 0 Å². The molecule has 3 heteroatoms. The van der Waals surface area contributed by atoms with Crippen molar-refractivity contribution in [3.8, 4) is 0 Å². The topological polar surface area (TPSA) is 35.5 Å². The van der Waals surface area contributed by atoms with Crippen molar-refractivity contribution in [2.75, 3.05) is 33.8 Å². The smallest absolute Gasteiger partial charge is 0.0443 e. The van der Waals surface area contributed by atoms with Gasteiger partial charge in [-0.15, -0.1) is 0 Å². The van der Waals surface area contributed by atoms with Gasteiger partial charge in [-0.1, -0.05) is 12.8 Å². The maximum atomic E-state index is 8.68. The van der Waals surface area contributed by atoms with Gasteiger partial charge in [0.05, 0.1) is 0 Å². The fourth-order valence-corrected chi connectivity index (χ4v) is 2.34. The maximum absolute atomic E-state index is 8.68. The van der Waals surface area contributed by atoms with Crippen LogP contribution in [0.15, 0.2) is 0 Å². The van der Waals surface area contributed by atoms with Gasteiger partial charge >= 0.3 is 0 Å². The van der Waals surface area contributed by atoms with Gasteiger partial charge in [-0.2, -0.15) is 0 Å². The van der Waals surface area contributed by atoms with Crippen LogP contribution in [0.1, 0.15) is 32.1 Å². The fourth-order valence-electron chi connectivity index (χ4n) is 2.34. The first-order valence-electron chi connectivity index (χ1n) is 5.70. The van der Waals surface area contributed by atoms with E-state index in [2.05, 4.69) is 24.3 Å². The molecule has 0 aliphatic heterocycles. The summed E-state index contributed by atoms with van der Waals surface area (Å²) in [4.78, 5) is 2.37. The van der Waals surface area contributed by atoms with Gasteiger partial charge in [-0.3, -0.25) is 0 Å². The third-order valence-electron chi connectivity index (χ3n) is 3.45. The Labute approximate surface area is 87.5 Å². The summed E-state index contributed by atoms with van der Waals surface area (Å²) in [6.07, 6.45) is 6.21. The highest BCUT2D eigenvalue weighted by molar-refractivity contribution is 4.94. The van der Waals surface area contributed by atoms with E-state index in [0.717, 1.165) is 19.5 Å². The Balaban J connectivity index is 2.29. The molecule has 1 saturated carbocycles. The highest BCUT2D eigenvalue weighted by atomic mass is 16.3. The largest absolute Gasteiger partial charge is 0.396 e. The molecule has 0 bridgehead atoms. The van der Waals surface area contributed by atoms with Crippen molar-refractivity contribution in [2.45, 2.75) is 37.6 Å². The molecule has 3 nitrogen and oxygen atoms in total. The van der Waals surface area contributed by atoms with E-state index >= 15 is 0 Å². The quantitative estimate of drug-likeness (QED) is 0.624. The van der Waals surface area contributed by atoms with E-state index in [-0.39, 0.29) is 0 Å². The second-order valence-electron chi connectivity index (χ2n) is 4.58. The first-order valence-corrected chi connectivity index (χ1v) is 5.70. The van der Waals surface area contributed by atoms with Gasteiger partial charge in [0.2, 0.25) is 0 Å². The number of rotatable bonds is 6. The molecule has 0 unspecified atom stereocenters. The van der Waals surface area contributed by atoms with E-state index < -0.39 is 0 Å². The zero-order valence-corrected chi connectivity index (χ0v) is 9.55. The molecule has 84 valence electrons. The van der Waals surface area contributed by atoms with Crippen molar-refractivity contribution in [3.05, 3.63) is 0 Å². The van der Waals surface area contributed by atoms with Crippen LogP contribution in [0.25, 0.3) is 0 Å². The molecule has 0 aromatic carbocycles. The van der Waals surface area contributed by atoms with Crippen LogP contribution in [0, 0.1) is 0 Å². The van der Waals surface area contributed by atoms with Crippen LogP contribution < -0.4 is 5.32 Å². The minimum atomic E-state index is 0.294. The molecule has 0 saturated heterocycles. The molecule has 0 heterocycles. The predicted octanol–water partition coefficient (Wildman–Crippen LogP) is 0.833. The van der Waals surface area contributed by atoms with Crippen molar-refractivity contribution in [1.82, 2.24) is 10.2 Å². The lowest BCUT2D eigenvalue weighted by atomic mass is 9.96. The molecule has 0 spiro atoms. The average Bonchev–Trinajstić information content (AvgIpc) is 2.62. The number of nitrogens with one attached hydrogen (secondary N) is 1. The van der Waals surface area contributed by atoms with E-state index in [4.69, 9.17) is 5.11 Å². The first kappa shape index (κ1) is 12.0. The van der Waals surface area contributed by atoms with Gasteiger partial charge in [0.1, 0.15) is 0 Å². The predicted molar refractivity (Wildman–Crippen MR) is 59.5 cm³/mol. The van der Waals surface area contributed by atoms with Crippen LogP contribution >= 0.6 is 0 Å². The van der Waals surface area contributed by atoms with Gasteiger partial charge in [0.25, 0.3) is 0 Å². The second kappa shape index (κ2) is 5.69. The van der Waals surface area contributed by atoms with Gasteiger partial charge < -0.3 is 15.3 Å². The summed E-state index contributed by atoms with van der Waals surface area (Å²) in [6.45, 7) is 2.30. The van der Waals surface area contributed by atoms with Gasteiger partial charge in [0.15, 0.2) is 0 Å². The van der Waals surface area contributed by atoms with Crippen LogP contribution in [-0.4, -0.2) is 49.3 Å². The molecule has 0 aromatic heterocycles. The molecule has 1 aliphatic rings. The molecule has 1 aliphatic carbocycles. The Kier molecular flexibility index (Phi) is 4.85. The molecular weight excluding hydrogens is 176 g/mol. The minimum absolute atomic E-state index is 0.294. The monoisotopic (exact) mass is 200 g/mol. The molecular formula is C11H24N2O. The lowest BCUT2D eigenvalue weighted by Gasteiger charge is -2.36. The number of hydrogen-bond donors (Lipinski definition) is 2. The van der Waals surface area contributed by atoms with E-state index in [9.17, 15) is 0 Å². The standard InChI is InChI=1S/C11H24N2O/c1-13(2)11(6-3-4-7-11)10-12-8-5-9-14/h12,14H,3-10H2,1-2H3. The molecule has 2 N–H and O–H groups in total. The van der Waals surface area contributed by atoms with Crippen LogP contribution in [0.4, 0.5) is 0 Å². The average molecular weight is 200 g/mol. The molecule has 0 atom stereocenters. The third-order valence-corrected chi connectivity index (χ3v) is 3.45. The second-order valence-corrected chi connectivity index (χ2v) is 4.58. The number of likely N-dealkylation sites (N-methyl/N-ethyl adjacent to an activating group) is 1. The van der Waals surface area contributed by atoms with Crippen molar-refractivity contribution in [3.63, 3.8) is 0 Å². The van der Waals surface area contributed by atoms with Crippen LogP contribution in [-0.2, 0) is 0 Å². The summed E-state index contributed by atoms with van der Waals surface area (Å²) in [7, 11) is 4.36. The summed E-state index contributed by atoms with van der Waals surface area (Å²) in [5.74, 6) is 0. The fraction of sp³-hybridized carbons (Fsp3) is 1.00. The highest BCUT2D eigenvalue weighted by Gasteiger charge is 2.35. The van der Waals surface area contributed by atoms with Crippen molar-refractivity contribution in [1.29, 1.82) is 0 Å². The number of aliphatic hydroxyl groups excluding tert-OH is 1. The van der Waals surface area contributed by atoms with Gasteiger partial charge in [-0.05, 0) is 39.9 Å². The molecule has 14 heavy (non-hydrogen) atoms. The molecule has 0 amide bonds. The van der Waals surface area contributed by atoms with Crippen molar-refractivity contribution < 1.29 is 5.11 Å². The summed E-state index contributed by atoms with van der Waals surface area (Å²) < 4.78 is 0. The summed E-state index contributed by atoms with van der Waals surface area (Å²) in [6, 6.07) is 0. The lowest BCUT2D eigenvalue weighted by molar-refractivity contribution is 0.153. The molecule has 1 fully saturated rings. The van der Waals surface area contributed by atoms with Crippen LogP contribution in [0.3, 0.4) is 0 Å². The Hall–Kier alpha value is -0.120. The molecule has 0 aromatic rings. The third kappa shape index (κ3) is 2.94. The lowest BCUT2D eigenvalue weighted by Crippen LogP contribution is -2.49. The Morgan fingerprint density at radius 1 is 1.29 bits per heavy atom. The van der Waals surface area contributed by atoms with E-state index in [1.165, 1.54) is 25.7 Å². The number of aliphatic hydroxyl groups is 1. The zero-order chi connectivity index (χ0) is 10.4. The first-order chi connectivity index (χ1) is 6.71. The SMILES string of the molecule is CN(C)C1(CNCCCO)CCCC1. The van der Waals surface area contributed by atoms with Crippen LogP contribution in [0.2, 0.25) is 0 Å². The van der Waals surface area contributed by atoms with E-state index in [1.54, 1.807) is 0 Å². The highest BCUT2D eigenvalue weighted by Crippen LogP contribution is 2.32. The summed E-state index contributed by atoms with van der Waals surface area (Å²) in [5.41, 5.74) is 0.384. The zero-order valence-electron chi connectivity index (χ0n) is 9.55. The normalized spacial score (nSPS) is 20.6. The van der Waals surface area contributed by atoms with E-state index in [1.807, 2.05) is 0 Å². The van der Waals surface area contributed by atoms with Gasteiger partial charge in [-0.25, -0.2) is 0 Å². The summed E-state index contributed by atoms with van der Waals surface area (Å²) >= 11 is 0. The molecule has 0 radical (unpaired) electrons.